The van der Waals surface area contributed by atoms with Gasteiger partial charge >= 0.3 is 5.97 Å². The number of methoxy groups -OCH3 is 1. The minimum atomic E-state index is -0.461. The largest absolute Gasteiger partial charge is 0.497 e. The summed E-state index contributed by atoms with van der Waals surface area (Å²) in [6, 6.07) is 14.5. The molecule has 5 nitrogen and oxygen atoms in total. The molecule has 1 N–H and O–H groups in total. The quantitative estimate of drug-likeness (QED) is 0.664. The van der Waals surface area contributed by atoms with E-state index in [-0.39, 0.29) is 5.69 Å². The van der Waals surface area contributed by atoms with Gasteiger partial charge in [-0.05, 0) is 55.5 Å². The molecule has 0 aliphatic heterocycles. The highest BCUT2D eigenvalue weighted by atomic mass is 35.5. The van der Waals surface area contributed by atoms with Gasteiger partial charge in [0.05, 0.1) is 24.9 Å². The van der Waals surface area contributed by atoms with Gasteiger partial charge < -0.3 is 14.8 Å². The zero-order valence-corrected chi connectivity index (χ0v) is 14.6. The van der Waals surface area contributed by atoms with Gasteiger partial charge in [-0.25, -0.2) is 9.78 Å². The number of ether oxygens (including phenoxy) is 2. The highest BCUT2D eigenvalue weighted by molar-refractivity contribution is 6.31. The van der Waals surface area contributed by atoms with Crippen molar-refractivity contribution in [3.8, 4) is 5.75 Å². The fraction of sp³-hybridized carbons (Fsp3) is 0.158. The van der Waals surface area contributed by atoms with Crippen LogP contribution in [0.2, 0.25) is 5.02 Å². The molecule has 3 aromatic rings. The molecule has 0 unspecified atom stereocenters. The molecule has 0 atom stereocenters. The van der Waals surface area contributed by atoms with E-state index in [1.807, 2.05) is 30.3 Å². The summed E-state index contributed by atoms with van der Waals surface area (Å²) in [6.07, 6.45) is 0. The summed E-state index contributed by atoms with van der Waals surface area (Å²) in [5.41, 5.74) is 2.47. The van der Waals surface area contributed by atoms with Crippen molar-refractivity contribution >= 4 is 39.8 Å². The van der Waals surface area contributed by atoms with Crippen molar-refractivity contribution < 1.29 is 14.3 Å². The van der Waals surface area contributed by atoms with E-state index in [1.165, 1.54) is 0 Å². The number of nitrogens with one attached hydrogen (secondary N) is 1. The van der Waals surface area contributed by atoms with Gasteiger partial charge in [-0.2, -0.15) is 0 Å². The summed E-state index contributed by atoms with van der Waals surface area (Å²) in [6.45, 7) is 2.05. The predicted octanol–water partition coefficient (Wildman–Crippen LogP) is 4.82. The second kappa shape index (κ2) is 7.40. The maximum atomic E-state index is 12.1. The summed E-state index contributed by atoms with van der Waals surface area (Å²) >= 11 is 6.12. The van der Waals surface area contributed by atoms with E-state index in [0.717, 1.165) is 22.5 Å². The molecule has 128 valence electrons. The first-order chi connectivity index (χ1) is 12.1. The van der Waals surface area contributed by atoms with Gasteiger partial charge in [0, 0.05) is 16.1 Å². The third-order valence-corrected chi connectivity index (χ3v) is 3.86. The molecule has 1 heterocycles. The summed E-state index contributed by atoms with van der Waals surface area (Å²) < 4.78 is 10.2. The Morgan fingerprint density at radius 2 is 1.92 bits per heavy atom. The Bertz CT molecular complexity index is 910. The molecule has 0 amide bonds. The number of fused-ring (bicyclic) bond motifs is 1. The zero-order chi connectivity index (χ0) is 17.8. The maximum Gasteiger partial charge on any atom is 0.357 e. The second-order valence-corrected chi connectivity index (χ2v) is 5.73. The summed E-state index contributed by atoms with van der Waals surface area (Å²) in [5.74, 6) is 0.303. The van der Waals surface area contributed by atoms with Crippen LogP contribution in [0.15, 0.2) is 48.5 Å². The second-order valence-electron chi connectivity index (χ2n) is 5.29. The van der Waals surface area contributed by atoms with Crippen molar-refractivity contribution in [2.24, 2.45) is 0 Å². The summed E-state index contributed by atoms with van der Waals surface area (Å²) in [5, 5.41) is 4.71. The lowest BCUT2D eigenvalue weighted by molar-refractivity contribution is 0.0520. The number of rotatable bonds is 5. The predicted molar refractivity (Wildman–Crippen MR) is 99.0 cm³/mol. The number of benzene rings is 2. The SMILES string of the molecule is CCOC(=O)c1cc(Nc2ccc(OC)cc2)c2cc(Cl)ccc2n1. The van der Waals surface area contributed by atoms with Crippen LogP contribution in [0.25, 0.3) is 10.9 Å². The Hall–Kier alpha value is -2.79. The number of esters is 1. The highest BCUT2D eigenvalue weighted by Crippen LogP contribution is 2.29. The van der Waals surface area contributed by atoms with Crippen LogP contribution in [0.1, 0.15) is 17.4 Å². The van der Waals surface area contributed by atoms with Gasteiger partial charge in [-0.15, -0.1) is 0 Å². The zero-order valence-electron chi connectivity index (χ0n) is 13.9. The van der Waals surface area contributed by atoms with Crippen LogP contribution in [-0.2, 0) is 4.74 Å². The lowest BCUT2D eigenvalue weighted by Gasteiger charge is -2.12. The van der Waals surface area contributed by atoms with Gasteiger partial charge in [0.2, 0.25) is 0 Å². The molecule has 25 heavy (non-hydrogen) atoms. The van der Waals surface area contributed by atoms with Crippen LogP contribution < -0.4 is 10.1 Å². The smallest absolute Gasteiger partial charge is 0.357 e. The molecule has 6 heteroatoms. The van der Waals surface area contributed by atoms with Gasteiger partial charge in [0.15, 0.2) is 5.69 Å². The number of carbonyl (C=O) groups excluding carboxylic acids is 1. The lowest BCUT2D eigenvalue weighted by Crippen LogP contribution is -2.08. The normalized spacial score (nSPS) is 10.5. The van der Waals surface area contributed by atoms with Crippen molar-refractivity contribution in [2.45, 2.75) is 6.92 Å². The fourth-order valence-electron chi connectivity index (χ4n) is 2.44. The monoisotopic (exact) mass is 356 g/mol. The van der Waals surface area contributed by atoms with E-state index in [2.05, 4.69) is 10.3 Å². The van der Waals surface area contributed by atoms with Crippen LogP contribution in [0.4, 0.5) is 11.4 Å². The molecule has 0 saturated heterocycles. The molecule has 1 aromatic heterocycles. The Morgan fingerprint density at radius 1 is 1.16 bits per heavy atom. The fourth-order valence-corrected chi connectivity index (χ4v) is 2.61. The van der Waals surface area contributed by atoms with E-state index in [9.17, 15) is 4.79 Å². The summed E-state index contributed by atoms with van der Waals surface area (Å²) in [7, 11) is 1.62. The molecule has 0 bridgehead atoms. The average Bonchev–Trinajstić information content (AvgIpc) is 2.62. The van der Waals surface area contributed by atoms with Gasteiger partial charge in [-0.3, -0.25) is 0 Å². The first-order valence-electron chi connectivity index (χ1n) is 7.79. The van der Waals surface area contributed by atoms with Crippen LogP contribution in [0, 0.1) is 0 Å². The van der Waals surface area contributed by atoms with Gasteiger partial charge in [-0.1, -0.05) is 11.6 Å². The molecule has 0 radical (unpaired) electrons. The third-order valence-electron chi connectivity index (χ3n) is 3.62. The molecule has 0 aliphatic rings. The Balaban J connectivity index is 2.06. The standard InChI is InChI=1S/C19H17ClN2O3/c1-3-25-19(23)18-11-17(15-10-12(20)4-9-16(15)22-18)21-13-5-7-14(24-2)8-6-13/h4-11H,3H2,1-2H3,(H,21,22). The molecule has 0 aliphatic carbocycles. The van der Waals surface area contributed by atoms with Gasteiger partial charge in [0.25, 0.3) is 0 Å². The lowest BCUT2D eigenvalue weighted by atomic mass is 10.1. The van der Waals surface area contributed by atoms with Crippen molar-refractivity contribution in [3.05, 3.63) is 59.2 Å². The van der Waals surface area contributed by atoms with Crippen LogP contribution in [0.5, 0.6) is 5.75 Å². The Morgan fingerprint density at radius 3 is 2.60 bits per heavy atom. The van der Waals surface area contributed by atoms with E-state index >= 15 is 0 Å². The average molecular weight is 357 g/mol. The first-order valence-corrected chi connectivity index (χ1v) is 8.17. The molecule has 0 fully saturated rings. The first kappa shape index (κ1) is 17.0. The molecular formula is C19H17ClN2O3. The number of hydrogen-bond acceptors (Lipinski definition) is 5. The van der Waals surface area contributed by atoms with Crippen LogP contribution >= 0.6 is 11.6 Å². The van der Waals surface area contributed by atoms with Crippen molar-refractivity contribution in [2.75, 3.05) is 19.0 Å². The molecular weight excluding hydrogens is 340 g/mol. The molecule has 0 spiro atoms. The third kappa shape index (κ3) is 3.83. The van der Waals surface area contributed by atoms with E-state index < -0.39 is 5.97 Å². The van der Waals surface area contributed by atoms with Gasteiger partial charge in [0.1, 0.15) is 5.75 Å². The van der Waals surface area contributed by atoms with E-state index in [1.54, 1.807) is 32.2 Å². The topological polar surface area (TPSA) is 60.5 Å². The Labute approximate surface area is 150 Å². The number of pyridine rings is 1. The molecule has 3 rings (SSSR count). The number of anilines is 2. The van der Waals surface area contributed by atoms with Crippen LogP contribution in [-0.4, -0.2) is 24.7 Å². The van der Waals surface area contributed by atoms with Crippen LogP contribution in [0.3, 0.4) is 0 Å². The van der Waals surface area contributed by atoms with E-state index in [0.29, 0.717) is 17.1 Å². The highest BCUT2D eigenvalue weighted by Gasteiger charge is 2.13. The minimum Gasteiger partial charge on any atom is -0.497 e. The minimum absolute atomic E-state index is 0.243. The number of halogens is 1. The molecule has 2 aromatic carbocycles. The van der Waals surface area contributed by atoms with E-state index in [4.69, 9.17) is 21.1 Å². The number of nitrogens with zero attached hydrogens (tertiary/aromatic N) is 1. The number of hydrogen-bond donors (Lipinski definition) is 1. The van der Waals surface area contributed by atoms with Crippen molar-refractivity contribution in [1.82, 2.24) is 4.98 Å². The maximum absolute atomic E-state index is 12.1. The summed E-state index contributed by atoms with van der Waals surface area (Å²) in [4.78, 5) is 16.5. The van der Waals surface area contributed by atoms with Crippen molar-refractivity contribution in [1.29, 1.82) is 0 Å². The molecule has 0 saturated carbocycles. The number of aromatic nitrogens is 1. The Kier molecular flexibility index (Phi) is 5.05. The van der Waals surface area contributed by atoms with Crippen molar-refractivity contribution in [3.63, 3.8) is 0 Å². The number of carbonyl (C=O) groups is 1.